The normalized spacial score (nSPS) is 11.8. The van der Waals surface area contributed by atoms with Crippen molar-refractivity contribution in [1.82, 2.24) is 0 Å². The smallest absolute Gasteiger partial charge is 0.137 e. The van der Waals surface area contributed by atoms with Crippen LogP contribution in [0, 0.1) is 0 Å². The summed E-state index contributed by atoms with van der Waals surface area (Å²) in [4.78, 5) is 12.0. The molecule has 0 N–H and O–H groups in total. The molecule has 0 spiro atoms. The molecule has 0 aromatic heterocycles. The number of ketones is 1. The molecule has 0 bridgehead atoms. The molecule has 0 aliphatic heterocycles. The van der Waals surface area contributed by atoms with Crippen LogP contribution in [0.15, 0.2) is 48.5 Å². The second-order valence-electron chi connectivity index (χ2n) is 4.99. The molecule has 0 heterocycles. The van der Waals surface area contributed by atoms with E-state index in [1.54, 1.807) is 21.1 Å². The Morgan fingerprint density at radius 2 is 1.38 bits per heavy atom. The highest BCUT2D eigenvalue weighted by atomic mass is 16.5. The topological polar surface area (TPSA) is 35.5 Å². The SMILES string of the molecule is COc1ccc(CC(C(C)=O)c2ccc(OC)cc2)cc1. The maximum absolute atomic E-state index is 12.0. The van der Waals surface area contributed by atoms with Gasteiger partial charge in [-0.25, -0.2) is 0 Å². The van der Waals surface area contributed by atoms with E-state index in [0.717, 1.165) is 22.6 Å². The van der Waals surface area contributed by atoms with Crippen LogP contribution in [-0.4, -0.2) is 20.0 Å². The average molecular weight is 284 g/mol. The molecule has 1 atom stereocenters. The number of rotatable bonds is 6. The van der Waals surface area contributed by atoms with Gasteiger partial charge < -0.3 is 9.47 Å². The van der Waals surface area contributed by atoms with Crippen LogP contribution in [0.1, 0.15) is 24.0 Å². The van der Waals surface area contributed by atoms with Crippen molar-refractivity contribution in [3.63, 3.8) is 0 Å². The van der Waals surface area contributed by atoms with Gasteiger partial charge in [-0.05, 0) is 48.7 Å². The highest BCUT2D eigenvalue weighted by Gasteiger charge is 2.17. The minimum Gasteiger partial charge on any atom is -0.497 e. The molecule has 0 aliphatic carbocycles. The molecule has 2 rings (SSSR count). The zero-order chi connectivity index (χ0) is 15.2. The Kier molecular flexibility index (Phi) is 4.99. The molecule has 110 valence electrons. The van der Waals surface area contributed by atoms with Crippen LogP contribution in [0.4, 0.5) is 0 Å². The summed E-state index contributed by atoms with van der Waals surface area (Å²) in [5, 5.41) is 0. The lowest BCUT2D eigenvalue weighted by Crippen LogP contribution is -2.12. The first kappa shape index (κ1) is 15.1. The summed E-state index contributed by atoms with van der Waals surface area (Å²) in [6.07, 6.45) is 0.686. The lowest BCUT2D eigenvalue weighted by Gasteiger charge is -2.15. The molecule has 0 saturated carbocycles. The first-order valence-electron chi connectivity index (χ1n) is 6.91. The number of carbonyl (C=O) groups excluding carboxylic acids is 1. The number of benzene rings is 2. The molecule has 0 fully saturated rings. The number of methoxy groups -OCH3 is 2. The number of ether oxygens (including phenoxy) is 2. The fourth-order valence-corrected chi connectivity index (χ4v) is 2.33. The molecule has 2 aromatic rings. The van der Waals surface area contributed by atoms with Gasteiger partial charge in [0.15, 0.2) is 0 Å². The fourth-order valence-electron chi connectivity index (χ4n) is 2.33. The van der Waals surface area contributed by atoms with Crippen molar-refractivity contribution in [1.29, 1.82) is 0 Å². The van der Waals surface area contributed by atoms with Crippen molar-refractivity contribution in [3.8, 4) is 11.5 Å². The van der Waals surface area contributed by atoms with Gasteiger partial charge in [-0.3, -0.25) is 4.79 Å². The van der Waals surface area contributed by atoms with Crippen molar-refractivity contribution in [3.05, 3.63) is 59.7 Å². The molecule has 0 amide bonds. The largest absolute Gasteiger partial charge is 0.497 e. The Balaban J connectivity index is 2.19. The maximum atomic E-state index is 12.0. The molecule has 2 aromatic carbocycles. The van der Waals surface area contributed by atoms with Crippen molar-refractivity contribution in [2.75, 3.05) is 14.2 Å². The van der Waals surface area contributed by atoms with Gasteiger partial charge in [0.2, 0.25) is 0 Å². The van der Waals surface area contributed by atoms with E-state index in [0.29, 0.717) is 6.42 Å². The van der Waals surface area contributed by atoms with E-state index in [4.69, 9.17) is 9.47 Å². The number of hydrogen-bond donors (Lipinski definition) is 0. The molecule has 3 heteroatoms. The van der Waals surface area contributed by atoms with Gasteiger partial charge in [0, 0.05) is 5.92 Å². The van der Waals surface area contributed by atoms with Gasteiger partial charge in [-0.2, -0.15) is 0 Å². The third kappa shape index (κ3) is 3.85. The number of Topliss-reactive ketones (excluding diaryl/α,β-unsaturated/α-hetero) is 1. The van der Waals surface area contributed by atoms with E-state index in [1.807, 2.05) is 48.5 Å². The monoisotopic (exact) mass is 284 g/mol. The van der Waals surface area contributed by atoms with E-state index < -0.39 is 0 Å². The molecule has 0 radical (unpaired) electrons. The van der Waals surface area contributed by atoms with E-state index in [2.05, 4.69) is 0 Å². The van der Waals surface area contributed by atoms with Crippen molar-refractivity contribution in [2.24, 2.45) is 0 Å². The summed E-state index contributed by atoms with van der Waals surface area (Å²) >= 11 is 0. The summed E-state index contributed by atoms with van der Waals surface area (Å²) < 4.78 is 10.3. The van der Waals surface area contributed by atoms with Crippen LogP contribution < -0.4 is 9.47 Å². The molecule has 1 unspecified atom stereocenters. The molecular formula is C18H20O3. The van der Waals surface area contributed by atoms with Gasteiger partial charge in [0.25, 0.3) is 0 Å². The first-order chi connectivity index (χ1) is 10.1. The Bertz CT molecular complexity index is 585. The predicted octanol–water partition coefficient (Wildman–Crippen LogP) is 3.62. The minimum atomic E-state index is -0.135. The quantitative estimate of drug-likeness (QED) is 0.812. The highest BCUT2D eigenvalue weighted by Crippen LogP contribution is 2.25. The lowest BCUT2D eigenvalue weighted by atomic mass is 9.89. The van der Waals surface area contributed by atoms with Crippen LogP contribution in [0.3, 0.4) is 0 Å². The second kappa shape index (κ2) is 6.93. The standard InChI is InChI=1S/C18H20O3/c1-13(19)18(15-6-10-17(21-3)11-7-15)12-14-4-8-16(20-2)9-5-14/h4-11,18H,12H2,1-3H3. The summed E-state index contributed by atoms with van der Waals surface area (Å²) in [6, 6.07) is 15.5. The number of hydrogen-bond acceptors (Lipinski definition) is 3. The summed E-state index contributed by atoms with van der Waals surface area (Å²) in [7, 11) is 3.28. The Hall–Kier alpha value is -2.29. The van der Waals surface area contributed by atoms with Crippen molar-refractivity contribution < 1.29 is 14.3 Å². The van der Waals surface area contributed by atoms with Crippen LogP contribution in [0.2, 0.25) is 0 Å². The first-order valence-corrected chi connectivity index (χ1v) is 6.91. The summed E-state index contributed by atoms with van der Waals surface area (Å²) in [6.45, 7) is 1.64. The van der Waals surface area contributed by atoms with E-state index in [1.165, 1.54) is 0 Å². The lowest BCUT2D eigenvalue weighted by molar-refractivity contribution is -0.118. The van der Waals surface area contributed by atoms with Crippen molar-refractivity contribution in [2.45, 2.75) is 19.3 Å². The van der Waals surface area contributed by atoms with Crippen LogP contribution in [0.5, 0.6) is 11.5 Å². The second-order valence-corrected chi connectivity index (χ2v) is 4.99. The van der Waals surface area contributed by atoms with Gasteiger partial charge in [-0.15, -0.1) is 0 Å². The third-order valence-corrected chi connectivity index (χ3v) is 3.61. The Morgan fingerprint density at radius 1 is 0.905 bits per heavy atom. The summed E-state index contributed by atoms with van der Waals surface area (Å²) in [5.41, 5.74) is 2.13. The Morgan fingerprint density at radius 3 is 1.81 bits per heavy atom. The van der Waals surface area contributed by atoms with E-state index in [-0.39, 0.29) is 11.7 Å². The van der Waals surface area contributed by atoms with E-state index in [9.17, 15) is 4.79 Å². The van der Waals surface area contributed by atoms with Gasteiger partial charge in [0.05, 0.1) is 14.2 Å². The highest BCUT2D eigenvalue weighted by molar-refractivity contribution is 5.83. The van der Waals surface area contributed by atoms with Crippen LogP contribution >= 0.6 is 0 Å². The zero-order valence-electron chi connectivity index (χ0n) is 12.6. The van der Waals surface area contributed by atoms with Crippen LogP contribution in [0.25, 0.3) is 0 Å². The zero-order valence-corrected chi connectivity index (χ0v) is 12.6. The van der Waals surface area contributed by atoms with Gasteiger partial charge in [-0.1, -0.05) is 24.3 Å². The van der Waals surface area contributed by atoms with Crippen LogP contribution in [-0.2, 0) is 11.2 Å². The minimum absolute atomic E-state index is 0.135. The molecule has 0 aliphatic rings. The number of carbonyl (C=O) groups is 1. The predicted molar refractivity (Wildman–Crippen MR) is 83.1 cm³/mol. The van der Waals surface area contributed by atoms with Gasteiger partial charge >= 0.3 is 0 Å². The molecular weight excluding hydrogens is 264 g/mol. The maximum Gasteiger partial charge on any atom is 0.137 e. The fraction of sp³-hybridized carbons (Fsp3) is 0.278. The molecule has 0 saturated heterocycles. The average Bonchev–Trinajstić information content (AvgIpc) is 2.53. The van der Waals surface area contributed by atoms with E-state index >= 15 is 0 Å². The van der Waals surface area contributed by atoms with Crippen molar-refractivity contribution >= 4 is 5.78 Å². The molecule has 21 heavy (non-hydrogen) atoms. The Labute approximate surface area is 125 Å². The molecule has 3 nitrogen and oxygen atoms in total. The third-order valence-electron chi connectivity index (χ3n) is 3.61. The van der Waals surface area contributed by atoms with Gasteiger partial charge in [0.1, 0.15) is 17.3 Å². The summed E-state index contributed by atoms with van der Waals surface area (Å²) in [5.74, 6) is 1.65.